The highest BCUT2D eigenvalue weighted by atomic mass is 32.1. The normalized spacial score (nSPS) is 10.3. The van der Waals surface area contributed by atoms with Crippen LogP contribution in [0.25, 0.3) is 0 Å². The number of aromatic nitrogens is 2. The van der Waals surface area contributed by atoms with Gasteiger partial charge in [-0.25, -0.2) is 4.98 Å². The van der Waals surface area contributed by atoms with Crippen LogP contribution in [0.3, 0.4) is 0 Å². The van der Waals surface area contributed by atoms with Crippen molar-refractivity contribution in [3.63, 3.8) is 0 Å². The summed E-state index contributed by atoms with van der Waals surface area (Å²) in [4.78, 5) is 20.9. The zero-order valence-corrected chi connectivity index (χ0v) is 10.8. The first-order valence-electron chi connectivity index (χ1n) is 5.24. The third-order valence-corrected chi connectivity index (χ3v) is 3.47. The summed E-state index contributed by atoms with van der Waals surface area (Å²) in [6.45, 7) is 5.67. The van der Waals surface area contributed by atoms with Crippen molar-refractivity contribution in [3.8, 4) is 0 Å². The number of carbonyl (C=O) groups excluding carboxylic acids is 1. The summed E-state index contributed by atoms with van der Waals surface area (Å²) in [5.41, 5.74) is 2.50. The molecule has 88 valence electrons. The molecule has 2 heterocycles. The highest BCUT2D eigenvalue weighted by Crippen LogP contribution is 2.19. The Morgan fingerprint density at radius 3 is 2.71 bits per heavy atom. The van der Waals surface area contributed by atoms with E-state index in [1.165, 1.54) is 11.3 Å². The molecule has 4 nitrogen and oxygen atoms in total. The largest absolute Gasteiger partial charge is 0.320 e. The average molecular weight is 247 g/mol. The molecular formula is C12H13N3OS. The van der Waals surface area contributed by atoms with Gasteiger partial charge in [0.25, 0.3) is 5.91 Å². The van der Waals surface area contributed by atoms with Crippen molar-refractivity contribution in [1.82, 2.24) is 9.97 Å². The number of hydrogen-bond donors (Lipinski definition) is 1. The molecule has 0 unspecified atom stereocenters. The molecule has 1 N–H and O–H groups in total. The Bertz CT molecular complexity index is 563. The predicted octanol–water partition coefficient (Wildman–Crippen LogP) is 2.72. The number of nitrogens with one attached hydrogen (secondary N) is 1. The summed E-state index contributed by atoms with van der Waals surface area (Å²) in [7, 11) is 0. The highest BCUT2D eigenvalue weighted by Gasteiger charge is 2.14. The van der Waals surface area contributed by atoms with Crippen LogP contribution >= 0.6 is 11.3 Å². The van der Waals surface area contributed by atoms with E-state index in [1.54, 1.807) is 12.4 Å². The molecule has 0 atom stereocenters. The smallest absolute Gasteiger partial charge is 0.267 e. The summed E-state index contributed by atoms with van der Waals surface area (Å²) >= 11 is 1.40. The van der Waals surface area contributed by atoms with Crippen LogP contribution in [-0.4, -0.2) is 15.9 Å². The molecule has 5 heteroatoms. The first-order valence-corrected chi connectivity index (χ1v) is 6.05. The molecule has 0 saturated heterocycles. The van der Waals surface area contributed by atoms with E-state index in [0.717, 1.165) is 22.0 Å². The molecule has 1 amide bonds. The van der Waals surface area contributed by atoms with Crippen molar-refractivity contribution in [2.24, 2.45) is 0 Å². The maximum atomic E-state index is 12.0. The van der Waals surface area contributed by atoms with E-state index >= 15 is 0 Å². The van der Waals surface area contributed by atoms with Gasteiger partial charge in [0.2, 0.25) is 0 Å². The number of aryl methyl sites for hydroxylation is 3. The molecule has 0 spiro atoms. The molecule has 0 saturated carbocycles. The van der Waals surface area contributed by atoms with Crippen LogP contribution in [0.5, 0.6) is 0 Å². The second-order valence-corrected chi connectivity index (χ2v) is 5.00. The van der Waals surface area contributed by atoms with Gasteiger partial charge in [-0.2, -0.15) is 0 Å². The van der Waals surface area contributed by atoms with Gasteiger partial charge in [0.1, 0.15) is 4.88 Å². The Labute approximate surface area is 104 Å². The fourth-order valence-corrected chi connectivity index (χ4v) is 2.33. The fraction of sp³-hybridized carbons (Fsp3) is 0.250. The lowest BCUT2D eigenvalue weighted by Crippen LogP contribution is -2.12. The molecule has 0 aliphatic carbocycles. The molecular weight excluding hydrogens is 234 g/mol. The van der Waals surface area contributed by atoms with Crippen LogP contribution < -0.4 is 5.32 Å². The number of anilines is 1. The van der Waals surface area contributed by atoms with Gasteiger partial charge in [-0.1, -0.05) is 0 Å². The summed E-state index contributed by atoms with van der Waals surface area (Å²) in [6.07, 6.45) is 3.35. The first kappa shape index (κ1) is 11.7. The quantitative estimate of drug-likeness (QED) is 0.887. The minimum atomic E-state index is -0.121. The predicted molar refractivity (Wildman–Crippen MR) is 68.5 cm³/mol. The van der Waals surface area contributed by atoms with Gasteiger partial charge in [-0.05, 0) is 32.4 Å². The van der Waals surface area contributed by atoms with E-state index in [4.69, 9.17) is 0 Å². The fourth-order valence-electron chi connectivity index (χ4n) is 1.52. The number of amides is 1. The SMILES string of the molecule is Cc1nc(C)c(C(=O)Nc2cnccc2C)s1. The maximum Gasteiger partial charge on any atom is 0.267 e. The van der Waals surface area contributed by atoms with E-state index in [0.29, 0.717) is 4.88 Å². The zero-order valence-electron chi connectivity index (χ0n) is 9.94. The molecule has 2 aromatic rings. The van der Waals surface area contributed by atoms with Gasteiger partial charge >= 0.3 is 0 Å². The van der Waals surface area contributed by atoms with E-state index in [-0.39, 0.29) is 5.91 Å². The number of hydrogen-bond acceptors (Lipinski definition) is 4. The standard InChI is InChI=1S/C12H13N3OS/c1-7-4-5-13-6-10(7)15-12(16)11-8(2)14-9(3)17-11/h4-6H,1-3H3,(H,15,16). The van der Waals surface area contributed by atoms with Crippen molar-refractivity contribution >= 4 is 22.9 Å². The molecule has 0 aromatic carbocycles. The van der Waals surface area contributed by atoms with Crippen LogP contribution in [-0.2, 0) is 0 Å². The molecule has 0 aliphatic heterocycles. The summed E-state index contributed by atoms with van der Waals surface area (Å²) < 4.78 is 0. The van der Waals surface area contributed by atoms with Gasteiger partial charge in [-0.3, -0.25) is 9.78 Å². The van der Waals surface area contributed by atoms with Gasteiger partial charge in [0.15, 0.2) is 0 Å². The van der Waals surface area contributed by atoms with Crippen molar-refractivity contribution in [2.75, 3.05) is 5.32 Å². The lowest BCUT2D eigenvalue weighted by molar-refractivity contribution is 0.102. The molecule has 0 radical (unpaired) electrons. The third kappa shape index (κ3) is 2.50. The average Bonchev–Trinajstić information content (AvgIpc) is 2.61. The lowest BCUT2D eigenvalue weighted by Gasteiger charge is -2.06. The van der Waals surface area contributed by atoms with Crippen molar-refractivity contribution in [1.29, 1.82) is 0 Å². The lowest BCUT2D eigenvalue weighted by atomic mass is 10.2. The van der Waals surface area contributed by atoms with Gasteiger partial charge in [-0.15, -0.1) is 11.3 Å². The second-order valence-electron chi connectivity index (χ2n) is 3.79. The second kappa shape index (κ2) is 4.63. The molecule has 2 aromatic heterocycles. The third-order valence-electron chi connectivity index (χ3n) is 2.40. The summed E-state index contributed by atoms with van der Waals surface area (Å²) in [5.74, 6) is -0.121. The number of pyridine rings is 1. The van der Waals surface area contributed by atoms with Crippen molar-refractivity contribution < 1.29 is 4.79 Å². The van der Waals surface area contributed by atoms with Crippen LogP contribution in [0.2, 0.25) is 0 Å². The Kier molecular flexibility index (Phi) is 3.19. The summed E-state index contributed by atoms with van der Waals surface area (Å²) in [5, 5.41) is 3.75. The van der Waals surface area contributed by atoms with Crippen LogP contribution in [0.4, 0.5) is 5.69 Å². The van der Waals surface area contributed by atoms with E-state index < -0.39 is 0 Å². The zero-order chi connectivity index (χ0) is 12.4. The van der Waals surface area contributed by atoms with E-state index in [9.17, 15) is 4.79 Å². The minimum Gasteiger partial charge on any atom is -0.320 e. The van der Waals surface area contributed by atoms with Crippen LogP contribution in [0.1, 0.15) is 25.9 Å². The maximum absolute atomic E-state index is 12.0. The monoisotopic (exact) mass is 247 g/mol. The molecule has 0 fully saturated rings. The van der Waals surface area contributed by atoms with Gasteiger partial charge < -0.3 is 5.32 Å². The Balaban J connectivity index is 2.23. The first-order chi connectivity index (χ1) is 8.08. The van der Waals surface area contributed by atoms with Crippen LogP contribution in [0.15, 0.2) is 18.5 Å². The Hall–Kier alpha value is -1.75. The van der Waals surface area contributed by atoms with E-state index in [2.05, 4.69) is 15.3 Å². The number of rotatable bonds is 2. The van der Waals surface area contributed by atoms with Gasteiger partial charge in [0.05, 0.1) is 22.6 Å². The minimum absolute atomic E-state index is 0.121. The van der Waals surface area contributed by atoms with Crippen molar-refractivity contribution in [3.05, 3.63) is 39.6 Å². The van der Waals surface area contributed by atoms with Crippen LogP contribution in [0, 0.1) is 20.8 Å². The Morgan fingerprint density at radius 2 is 2.12 bits per heavy atom. The van der Waals surface area contributed by atoms with Crippen molar-refractivity contribution in [2.45, 2.75) is 20.8 Å². The number of carbonyl (C=O) groups is 1. The van der Waals surface area contributed by atoms with E-state index in [1.807, 2.05) is 26.8 Å². The number of nitrogens with zero attached hydrogens (tertiary/aromatic N) is 2. The molecule has 0 aliphatic rings. The topological polar surface area (TPSA) is 54.9 Å². The molecule has 17 heavy (non-hydrogen) atoms. The van der Waals surface area contributed by atoms with Gasteiger partial charge in [0, 0.05) is 6.20 Å². The summed E-state index contributed by atoms with van der Waals surface area (Å²) in [6, 6.07) is 1.86. The molecule has 0 bridgehead atoms. The Morgan fingerprint density at radius 1 is 1.35 bits per heavy atom. The highest BCUT2D eigenvalue weighted by molar-refractivity contribution is 7.13. The molecule has 2 rings (SSSR count). The number of thiazole rings is 1.